The van der Waals surface area contributed by atoms with Gasteiger partial charge in [-0.2, -0.15) is 0 Å². The minimum atomic E-state index is -4.09. The van der Waals surface area contributed by atoms with Gasteiger partial charge in [0.1, 0.15) is 6.10 Å². The highest BCUT2D eigenvalue weighted by Crippen LogP contribution is 2.35. The van der Waals surface area contributed by atoms with Crippen molar-refractivity contribution in [3.8, 4) is 0 Å². The summed E-state index contributed by atoms with van der Waals surface area (Å²) >= 11 is 0. The molecule has 0 bridgehead atoms. The van der Waals surface area contributed by atoms with Crippen LogP contribution in [0.2, 0.25) is 0 Å². The van der Waals surface area contributed by atoms with Gasteiger partial charge in [-0.15, -0.1) is 0 Å². The molecule has 6 N–H and O–H groups in total. The summed E-state index contributed by atoms with van der Waals surface area (Å²) in [6, 6.07) is -0.601. The quantitative estimate of drug-likeness (QED) is 0.304. The largest absolute Gasteiger partial charge is 0.389 e. The van der Waals surface area contributed by atoms with Crippen LogP contribution in [0.1, 0.15) is 6.42 Å². The first-order valence-electron chi connectivity index (χ1n) is 4.63. The topological polar surface area (TPSA) is 130 Å². The van der Waals surface area contributed by atoms with Crippen molar-refractivity contribution in [2.24, 2.45) is 0 Å². The van der Waals surface area contributed by atoms with Crippen molar-refractivity contribution in [1.29, 1.82) is 0 Å². The number of rotatable bonds is 3. The molecule has 1 aliphatic rings. The molecule has 4 atom stereocenters. The van der Waals surface area contributed by atoms with Crippen LogP contribution >= 0.6 is 7.60 Å². The predicted octanol–water partition coefficient (Wildman–Crippen LogP) is -2.39. The Bertz CT molecular complexity index is 256. The summed E-state index contributed by atoms with van der Waals surface area (Å²) in [5, 5.41) is 30.7. The van der Waals surface area contributed by atoms with Gasteiger partial charge in [-0.3, -0.25) is 4.57 Å². The molecule has 1 saturated heterocycles. The van der Waals surface area contributed by atoms with Gasteiger partial charge in [-0.05, 0) is 6.42 Å². The van der Waals surface area contributed by atoms with Gasteiger partial charge in [0.2, 0.25) is 0 Å². The SMILES string of the molecule is O=P(O)(O)CC[C@H]1NC[C@@H](O)[C@@H](O)[C@@H]1O. The zero-order valence-electron chi connectivity index (χ0n) is 8.02. The first kappa shape index (κ1) is 13.1. The molecule has 0 aromatic carbocycles. The maximum Gasteiger partial charge on any atom is 0.325 e. The van der Waals surface area contributed by atoms with Crippen molar-refractivity contribution < 1.29 is 29.7 Å². The average Bonchev–Trinajstić information content (AvgIpc) is 2.12. The standard InChI is InChI=1S/C7H16NO6P/c9-5-3-8-4(6(10)7(5)11)1-2-15(12,13)14/h4-11H,1-3H2,(H2,12,13,14)/t4-,5-,6-,7-/m1/s1. The zero-order valence-corrected chi connectivity index (χ0v) is 8.92. The van der Waals surface area contributed by atoms with E-state index in [0.717, 1.165) is 0 Å². The van der Waals surface area contributed by atoms with Crippen molar-refractivity contribution in [3.05, 3.63) is 0 Å². The molecule has 0 spiro atoms. The molecule has 0 amide bonds. The van der Waals surface area contributed by atoms with E-state index in [4.69, 9.17) is 14.9 Å². The fourth-order valence-electron chi connectivity index (χ4n) is 1.56. The van der Waals surface area contributed by atoms with Crippen LogP contribution in [0.25, 0.3) is 0 Å². The molecule has 0 aromatic rings. The predicted molar refractivity (Wildman–Crippen MR) is 51.3 cm³/mol. The molecule has 8 heteroatoms. The lowest BCUT2D eigenvalue weighted by Crippen LogP contribution is -2.59. The minimum absolute atomic E-state index is 0.0508. The van der Waals surface area contributed by atoms with Gasteiger partial charge >= 0.3 is 7.60 Å². The van der Waals surface area contributed by atoms with Crippen LogP contribution in [0.15, 0.2) is 0 Å². The molecule has 90 valence electrons. The summed E-state index contributed by atoms with van der Waals surface area (Å²) in [5.41, 5.74) is 0. The Hall–Kier alpha value is -0.0100. The Morgan fingerprint density at radius 2 is 1.80 bits per heavy atom. The Labute approximate surface area is 86.9 Å². The van der Waals surface area contributed by atoms with E-state index in [-0.39, 0.29) is 19.1 Å². The van der Waals surface area contributed by atoms with Gasteiger partial charge in [0.25, 0.3) is 0 Å². The van der Waals surface area contributed by atoms with E-state index in [0.29, 0.717) is 0 Å². The first-order valence-corrected chi connectivity index (χ1v) is 6.43. The molecule has 0 aliphatic carbocycles. The van der Waals surface area contributed by atoms with Gasteiger partial charge in [-0.25, -0.2) is 0 Å². The highest BCUT2D eigenvalue weighted by Gasteiger charge is 2.36. The number of hydrogen-bond donors (Lipinski definition) is 6. The number of aliphatic hydroxyl groups is 3. The smallest absolute Gasteiger partial charge is 0.325 e. The molecule has 1 rings (SSSR count). The van der Waals surface area contributed by atoms with Gasteiger partial charge in [-0.1, -0.05) is 0 Å². The van der Waals surface area contributed by atoms with E-state index in [2.05, 4.69) is 5.32 Å². The van der Waals surface area contributed by atoms with Crippen LogP contribution in [-0.4, -0.2) is 62.2 Å². The van der Waals surface area contributed by atoms with Crippen LogP contribution in [-0.2, 0) is 4.57 Å². The molecule has 7 nitrogen and oxygen atoms in total. The lowest BCUT2D eigenvalue weighted by atomic mass is 9.94. The van der Waals surface area contributed by atoms with Crippen LogP contribution in [0.4, 0.5) is 0 Å². The molecule has 1 heterocycles. The maximum absolute atomic E-state index is 10.6. The summed E-state index contributed by atoms with van der Waals surface area (Å²) in [6.45, 7) is 0.101. The number of nitrogens with one attached hydrogen (secondary N) is 1. The lowest BCUT2D eigenvalue weighted by molar-refractivity contribution is -0.0943. The average molecular weight is 241 g/mol. The van der Waals surface area contributed by atoms with Crippen LogP contribution < -0.4 is 5.32 Å². The van der Waals surface area contributed by atoms with Crippen molar-refractivity contribution in [2.45, 2.75) is 30.8 Å². The Morgan fingerprint density at radius 3 is 2.33 bits per heavy atom. The van der Waals surface area contributed by atoms with E-state index >= 15 is 0 Å². The maximum atomic E-state index is 10.6. The first-order chi connectivity index (χ1) is 6.81. The van der Waals surface area contributed by atoms with Crippen LogP contribution in [0, 0.1) is 0 Å². The van der Waals surface area contributed by atoms with E-state index < -0.39 is 31.9 Å². The van der Waals surface area contributed by atoms with Crippen molar-refractivity contribution in [1.82, 2.24) is 5.32 Å². The molecule has 0 saturated carbocycles. The molecule has 1 aliphatic heterocycles. The van der Waals surface area contributed by atoms with Gasteiger partial charge in [0, 0.05) is 12.6 Å². The molecular formula is C7H16NO6P. The van der Waals surface area contributed by atoms with Crippen molar-refractivity contribution in [2.75, 3.05) is 12.7 Å². The molecule has 0 aromatic heterocycles. The molecule has 0 unspecified atom stereocenters. The summed E-state index contributed by atoms with van der Waals surface area (Å²) < 4.78 is 10.6. The third-order valence-electron chi connectivity index (χ3n) is 2.48. The summed E-state index contributed by atoms with van der Waals surface area (Å²) in [4.78, 5) is 17.3. The fraction of sp³-hybridized carbons (Fsp3) is 1.00. The second-order valence-electron chi connectivity index (χ2n) is 3.74. The Balaban J connectivity index is 2.46. The van der Waals surface area contributed by atoms with E-state index in [1.165, 1.54) is 0 Å². The van der Waals surface area contributed by atoms with Crippen molar-refractivity contribution >= 4 is 7.60 Å². The zero-order chi connectivity index (χ0) is 11.6. The molecule has 1 fully saturated rings. The Kier molecular flexibility index (Phi) is 4.25. The van der Waals surface area contributed by atoms with E-state index in [9.17, 15) is 14.8 Å². The highest BCUT2D eigenvalue weighted by atomic mass is 31.2. The van der Waals surface area contributed by atoms with Gasteiger partial charge in [0.15, 0.2) is 0 Å². The summed E-state index contributed by atoms with van der Waals surface area (Å²) in [6.07, 6.45) is -3.83. The Morgan fingerprint density at radius 1 is 1.20 bits per heavy atom. The van der Waals surface area contributed by atoms with E-state index in [1.54, 1.807) is 0 Å². The van der Waals surface area contributed by atoms with Crippen LogP contribution in [0.5, 0.6) is 0 Å². The highest BCUT2D eigenvalue weighted by molar-refractivity contribution is 7.51. The molecule has 15 heavy (non-hydrogen) atoms. The minimum Gasteiger partial charge on any atom is -0.389 e. The number of β-amino-alcohol motifs (C(OH)–C–C–N with tert-alkyl or cyclic N) is 1. The van der Waals surface area contributed by atoms with E-state index in [1.807, 2.05) is 0 Å². The number of piperidine rings is 1. The monoisotopic (exact) mass is 241 g/mol. The van der Waals surface area contributed by atoms with Gasteiger partial charge < -0.3 is 30.4 Å². The van der Waals surface area contributed by atoms with Crippen LogP contribution in [0.3, 0.4) is 0 Å². The normalized spacial score (nSPS) is 37.9. The molecule has 0 radical (unpaired) electrons. The lowest BCUT2D eigenvalue weighted by Gasteiger charge is -2.36. The fourth-order valence-corrected chi connectivity index (χ4v) is 2.17. The van der Waals surface area contributed by atoms with Gasteiger partial charge in [0.05, 0.1) is 18.4 Å². The second kappa shape index (κ2) is 4.88. The third kappa shape index (κ3) is 3.81. The third-order valence-corrected chi connectivity index (χ3v) is 3.32. The second-order valence-corrected chi connectivity index (χ2v) is 5.52. The number of hydrogen-bond acceptors (Lipinski definition) is 5. The summed E-state index contributed by atoms with van der Waals surface area (Å²) in [5.74, 6) is 0. The summed E-state index contributed by atoms with van der Waals surface area (Å²) in [7, 11) is -4.09. The number of aliphatic hydroxyl groups excluding tert-OH is 3. The molecular weight excluding hydrogens is 225 g/mol. The van der Waals surface area contributed by atoms with Crippen molar-refractivity contribution in [3.63, 3.8) is 0 Å².